The standard InChI is InChI=1S/3C12H18O.C8H7.Ti/c3*1-8(2)10-6-5-7-11(9(3)4)12(10)13;1-2-8-6-4-3-5-7-8;/h3*5-9,13H,1-4H3;3-7H,1H2;/q;;;-1;. The molecule has 0 unspecified atom stereocenters. The van der Waals surface area contributed by atoms with Crippen LogP contribution >= 0.6 is 0 Å². The Morgan fingerprint density at radius 2 is 0.583 bits per heavy atom. The minimum Gasteiger partial charge on any atom is -0.507 e. The zero-order valence-electron chi connectivity index (χ0n) is 31.6. The molecule has 3 nitrogen and oxygen atoms in total. The van der Waals surface area contributed by atoms with Crippen LogP contribution in [0, 0.1) is 6.08 Å². The Labute approximate surface area is 308 Å². The van der Waals surface area contributed by atoms with Gasteiger partial charge in [0.05, 0.1) is 0 Å². The van der Waals surface area contributed by atoms with Crippen molar-refractivity contribution in [3.8, 4) is 17.2 Å². The average Bonchev–Trinajstić information content (AvgIpc) is 3.02. The van der Waals surface area contributed by atoms with Crippen LogP contribution in [-0.4, -0.2) is 15.3 Å². The molecule has 0 aliphatic heterocycles. The summed E-state index contributed by atoms with van der Waals surface area (Å²) < 4.78 is 0. The normalized spacial score (nSPS) is 10.5. The Hall–Kier alpha value is -3.27. The molecule has 0 aromatic heterocycles. The van der Waals surface area contributed by atoms with Crippen molar-refractivity contribution in [2.45, 2.75) is 119 Å². The Morgan fingerprint density at radius 1 is 0.375 bits per heavy atom. The first-order valence-corrected chi connectivity index (χ1v) is 17.1. The quantitative estimate of drug-likeness (QED) is 0.134. The van der Waals surface area contributed by atoms with E-state index in [2.05, 4.69) is 95.7 Å². The van der Waals surface area contributed by atoms with Crippen LogP contribution < -0.4 is 0 Å². The molecule has 3 N–H and O–H groups in total. The van der Waals surface area contributed by atoms with Crippen LogP contribution in [0.15, 0.2) is 91.5 Å². The van der Waals surface area contributed by atoms with Crippen molar-refractivity contribution >= 4 is 0 Å². The van der Waals surface area contributed by atoms with E-state index in [1.807, 2.05) is 84.9 Å². The van der Waals surface area contributed by atoms with Crippen molar-refractivity contribution in [3.63, 3.8) is 0 Å². The largest absolute Gasteiger partial charge is 0.507 e. The molecule has 0 bridgehead atoms. The minimum atomic E-state index is 0. The number of benzene rings is 4. The van der Waals surface area contributed by atoms with Gasteiger partial charge in [0.15, 0.2) is 0 Å². The number of hydrogen-bond acceptors (Lipinski definition) is 3. The second-order valence-electron chi connectivity index (χ2n) is 13.8. The summed E-state index contributed by atoms with van der Waals surface area (Å²) in [6.45, 7) is 28.7. The van der Waals surface area contributed by atoms with Gasteiger partial charge in [0.25, 0.3) is 0 Å². The molecule has 0 radical (unpaired) electrons. The van der Waals surface area contributed by atoms with Crippen LogP contribution in [0.4, 0.5) is 0 Å². The molecule has 0 saturated heterocycles. The molecule has 0 aliphatic rings. The number of phenols is 3. The number of aromatic hydroxyl groups is 3. The average molecular weight is 686 g/mol. The minimum absolute atomic E-state index is 0. The maximum Gasteiger partial charge on any atom is 0.122 e. The molecule has 0 amide bonds. The fourth-order valence-corrected chi connectivity index (χ4v) is 5.09. The summed E-state index contributed by atoms with van der Waals surface area (Å²) >= 11 is 0. The van der Waals surface area contributed by atoms with Gasteiger partial charge in [0.2, 0.25) is 0 Å². The molecule has 0 heterocycles. The van der Waals surface area contributed by atoms with E-state index in [0.29, 0.717) is 52.8 Å². The monoisotopic (exact) mass is 685 g/mol. The summed E-state index contributed by atoms with van der Waals surface area (Å²) in [6, 6.07) is 27.8. The fourth-order valence-electron chi connectivity index (χ4n) is 5.09. The Kier molecular flexibility index (Phi) is 20.9. The summed E-state index contributed by atoms with van der Waals surface area (Å²) in [5.74, 6) is 3.76. The second kappa shape index (κ2) is 22.4. The number of rotatable bonds is 7. The third-order valence-electron chi connectivity index (χ3n) is 8.01. The predicted octanol–water partition coefficient (Wildman–Crippen LogP) is 12.9. The molecule has 48 heavy (non-hydrogen) atoms. The zero-order chi connectivity index (χ0) is 35.8. The predicted molar refractivity (Wildman–Crippen MR) is 203 cm³/mol. The van der Waals surface area contributed by atoms with Gasteiger partial charge in [-0.2, -0.15) is 30.4 Å². The van der Waals surface area contributed by atoms with Gasteiger partial charge in [-0.3, -0.25) is 0 Å². The van der Waals surface area contributed by atoms with E-state index >= 15 is 0 Å². The van der Waals surface area contributed by atoms with Crippen LogP contribution in [-0.2, 0) is 21.7 Å². The molecule has 0 atom stereocenters. The SMILES string of the molecule is C=[C-]c1ccccc1.CC(C)c1cccc(C(C)C)c1O.CC(C)c1cccc(C(C)C)c1O.CC(C)c1cccc(C(C)C)c1O.[Ti]. The molecular formula is C44H61O3Ti-. The molecule has 0 saturated carbocycles. The third kappa shape index (κ3) is 14.1. The van der Waals surface area contributed by atoms with Crippen LogP contribution in [0.25, 0.3) is 0 Å². The van der Waals surface area contributed by atoms with E-state index in [-0.39, 0.29) is 21.7 Å². The Morgan fingerprint density at radius 3 is 0.729 bits per heavy atom. The smallest absolute Gasteiger partial charge is 0.122 e. The van der Waals surface area contributed by atoms with Gasteiger partial charge in [-0.1, -0.05) is 144 Å². The second-order valence-corrected chi connectivity index (χ2v) is 13.8. The van der Waals surface area contributed by atoms with Crippen LogP contribution in [0.2, 0.25) is 0 Å². The van der Waals surface area contributed by atoms with Gasteiger partial charge in [-0.15, -0.1) is 12.1 Å². The molecular weight excluding hydrogens is 624 g/mol. The van der Waals surface area contributed by atoms with E-state index in [1.54, 1.807) is 0 Å². The molecule has 0 fully saturated rings. The summed E-state index contributed by atoms with van der Waals surface area (Å²) in [4.78, 5) is 0. The van der Waals surface area contributed by atoms with Crippen molar-refractivity contribution < 1.29 is 37.0 Å². The maximum atomic E-state index is 9.93. The van der Waals surface area contributed by atoms with E-state index < -0.39 is 0 Å². The van der Waals surface area contributed by atoms with Crippen molar-refractivity contribution in [2.75, 3.05) is 0 Å². The van der Waals surface area contributed by atoms with E-state index in [0.717, 1.165) is 38.9 Å². The van der Waals surface area contributed by atoms with Crippen LogP contribution in [0.5, 0.6) is 17.2 Å². The van der Waals surface area contributed by atoms with Crippen molar-refractivity contribution in [1.82, 2.24) is 0 Å². The molecule has 260 valence electrons. The topological polar surface area (TPSA) is 60.7 Å². The van der Waals surface area contributed by atoms with Gasteiger partial charge >= 0.3 is 0 Å². The molecule has 4 aromatic rings. The van der Waals surface area contributed by atoms with Gasteiger partial charge in [0, 0.05) is 21.7 Å². The zero-order valence-corrected chi connectivity index (χ0v) is 33.2. The molecule has 4 heteroatoms. The van der Waals surface area contributed by atoms with Crippen molar-refractivity contribution in [2.24, 2.45) is 0 Å². The van der Waals surface area contributed by atoms with E-state index in [9.17, 15) is 15.3 Å². The summed E-state index contributed by atoms with van der Waals surface area (Å²) in [5.41, 5.74) is 7.33. The Balaban J connectivity index is 0.000000618. The van der Waals surface area contributed by atoms with Gasteiger partial charge < -0.3 is 15.3 Å². The van der Waals surface area contributed by atoms with Gasteiger partial charge in [0.1, 0.15) is 17.2 Å². The van der Waals surface area contributed by atoms with Crippen molar-refractivity contribution in [1.29, 1.82) is 0 Å². The number of hydrogen-bond donors (Lipinski definition) is 3. The van der Waals surface area contributed by atoms with Crippen molar-refractivity contribution in [3.05, 3.63) is 137 Å². The summed E-state index contributed by atoms with van der Waals surface area (Å²) in [6.07, 6.45) is 2.78. The van der Waals surface area contributed by atoms with E-state index in [4.69, 9.17) is 0 Å². The third-order valence-corrected chi connectivity index (χ3v) is 8.01. The van der Waals surface area contributed by atoms with Crippen LogP contribution in [0.3, 0.4) is 0 Å². The fraction of sp³-hybridized carbons (Fsp3) is 0.409. The Bertz CT molecular complexity index is 1260. The molecule has 4 aromatic carbocycles. The first kappa shape index (κ1) is 44.7. The molecule has 0 spiro atoms. The van der Waals surface area contributed by atoms with E-state index in [1.165, 1.54) is 0 Å². The van der Waals surface area contributed by atoms with Crippen LogP contribution in [0.1, 0.15) is 158 Å². The first-order valence-electron chi connectivity index (χ1n) is 17.1. The summed E-state index contributed by atoms with van der Waals surface area (Å²) in [7, 11) is 0. The molecule has 0 aliphatic carbocycles. The van der Waals surface area contributed by atoms with Gasteiger partial charge in [-0.05, 0) is 68.9 Å². The number of para-hydroxylation sites is 3. The maximum absolute atomic E-state index is 9.93. The van der Waals surface area contributed by atoms with Gasteiger partial charge in [-0.25, -0.2) is 0 Å². The summed E-state index contributed by atoms with van der Waals surface area (Å²) in [5, 5.41) is 29.8. The number of phenolic OH excluding ortho intramolecular Hbond substituents is 3. The first-order chi connectivity index (χ1) is 22.0. The molecule has 4 rings (SSSR count).